The maximum atomic E-state index is 11.9. The fourth-order valence-electron chi connectivity index (χ4n) is 2.41. The molecule has 4 nitrogen and oxygen atoms in total. The van der Waals surface area contributed by atoms with E-state index in [2.05, 4.69) is 26.2 Å². The van der Waals surface area contributed by atoms with Crippen LogP contribution in [0.25, 0.3) is 0 Å². The Hall–Kier alpha value is -0.590. The van der Waals surface area contributed by atoms with Gasteiger partial charge in [0.05, 0.1) is 12.1 Å². The highest BCUT2D eigenvalue weighted by molar-refractivity contribution is 9.10. The summed E-state index contributed by atoms with van der Waals surface area (Å²) in [6, 6.07) is 3.97. The molecule has 0 aliphatic heterocycles. The van der Waals surface area contributed by atoms with Gasteiger partial charge in [-0.05, 0) is 54.4 Å². The zero-order valence-corrected chi connectivity index (χ0v) is 13.4. The van der Waals surface area contributed by atoms with Gasteiger partial charge in [0.1, 0.15) is 5.54 Å². The lowest BCUT2D eigenvalue weighted by Crippen LogP contribution is -2.49. The van der Waals surface area contributed by atoms with Crippen LogP contribution in [-0.4, -0.2) is 35.9 Å². The number of ether oxygens (including phenoxy) is 1. The number of aromatic nitrogens is 1. The molecule has 1 aromatic rings. The zero-order valence-electron chi connectivity index (χ0n) is 11.0. The number of esters is 1. The Labute approximate surface area is 125 Å². The van der Waals surface area contributed by atoms with Crippen molar-refractivity contribution in [1.29, 1.82) is 0 Å². The first kappa shape index (κ1) is 14.8. The normalized spacial score (nSPS) is 26.4. The van der Waals surface area contributed by atoms with E-state index in [1.165, 1.54) is 7.11 Å². The summed E-state index contributed by atoms with van der Waals surface area (Å²) in [5.41, 5.74) is -0.526. The average Bonchev–Trinajstić information content (AvgIpc) is 2.85. The van der Waals surface area contributed by atoms with E-state index < -0.39 is 5.54 Å². The highest BCUT2D eigenvalue weighted by Crippen LogP contribution is 2.40. The number of thioether (sulfide) groups is 1. The third kappa shape index (κ3) is 3.30. The van der Waals surface area contributed by atoms with Gasteiger partial charge in [0, 0.05) is 15.9 Å². The molecule has 0 aromatic carbocycles. The maximum absolute atomic E-state index is 11.9. The molecule has 1 heterocycles. The van der Waals surface area contributed by atoms with E-state index in [9.17, 15) is 4.79 Å². The quantitative estimate of drug-likeness (QED) is 0.851. The molecule has 0 bridgehead atoms. The molecule has 1 aromatic heterocycles. The van der Waals surface area contributed by atoms with Crippen LogP contribution in [0.3, 0.4) is 0 Å². The fourth-order valence-corrected chi connectivity index (χ4v) is 3.85. The van der Waals surface area contributed by atoms with Gasteiger partial charge in [-0.3, -0.25) is 4.79 Å². The molecule has 1 aliphatic rings. The van der Waals surface area contributed by atoms with Gasteiger partial charge in [-0.1, -0.05) is 0 Å². The predicted octanol–water partition coefficient (Wildman–Crippen LogP) is 2.62. The molecule has 1 fully saturated rings. The Balaban J connectivity index is 2.01. The van der Waals surface area contributed by atoms with Gasteiger partial charge < -0.3 is 10.1 Å². The van der Waals surface area contributed by atoms with Crippen LogP contribution in [0.4, 0.5) is 0 Å². The number of rotatable bonds is 4. The Bertz CT molecular complexity index is 454. The number of nitrogens with one attached hydrogen (secondary N) is 1. The van der Waals surface area contributed by atoms with Gasteiger partial charge in [0.25, 0.3) is 0 Å². The number of halogens is 1. The minimum atomic E-state index is -0.526. The summed E-state index contributed by atoms with van der Waals surface area (Å²) in [5, 5.41) is 4.52. The summed E-state index contributed by atoms with van der Waals surface area (Å²) in [6.07, 6.45) is 4.37. The van der Waals surface area contributed by atoms with Crippen LogP contribution >= 0.6 is 27.7 Å². The molecule has 104 valence electrons. The number of nitrogens with zero attached hydrogens (tertiary/aromatic N) is 1. The minimum absolute atomic E-state index is 0.165. The van der Waals surface area contributed by atoms with Crippen molar-refractivity contribution >= 4 is 33.7 Å². The molecule has 1 aliphatic carbocycles. The van der Waals surface area contributed by atoms with Gasteiger partial charge in [-0.2, -0.15) is 0 Å². The lowest BCUT2D eigenvalue weighted by atomic mass is 9.98. The van der Waals surface area contributed by atoms with Crippen molar-refractivity contribution < 1.29 is 9.53 Å². The van der Waals surface area contributed by atoms with Crippen LogP contribution in [0.1, 0.15) is 19.3 Å². The standard InChI is InChI=1S/C13H17BrN2O2S/c1-15-13(12(17)18-2)6-5-10(7-13)19-11-4-3-9(14)8-16-11/h3-4,8,10,15H,5-7H2,1-2H3. The van der Waals surface area contributed by atoms with Gasteiger partial charge in [-0.15, -0.1) is 11.8 Å². The number of carbonyl (C=O) groups excluding carboxylic acids is 1. The van der Waals surface area contributed by atoms with Crippen molar-refractivity contribution in [3.05, 3.63) is 22.8 Å². The van der Waals surface area contributed by atoms with Gasteiger partial charge in [-0.25, -0.2) is 4.98 Å². The van der Waals surface area contributed by atoms with E-state index in [1.54, 1.807) is 18.0 Å². The van der Waals surface area contributed by atoms with Crippen molar-refractivity contribution in [2.75, 3.05) is 14.2 Å². The molecular weight excluding hydrogens is 328 g/mol. The fraction of sp³-hybridized carbons (Fsp3) is 0.538. The molecule has 0 saturated heterocycles. The van der Waals surface area contributed by atoms with Gasteiger partial charge in [0.2, 0.25) is 0 Å². The molecule has 2 unspecified atom stereocenters. The molecule has 0 spiro atoms. The third-order valence-electron chi connectivity index (χ3n) is 3.51. The van der Waals surface area contributed by atoms with Crippen molar-refractivity contribution in [2.45, 2.75) is 35.1 Å². The van der Waals surface area contributed by atoms with E-state index in [0.29, 0.717) is 5.25 Å². The van der Waals surface area contributed by atoms with Crippen molar-refractivity contribution in [1.82, 2.24) is 10.3 Å². The van der Waals surface area contributed by atoms with Crippen LogP contribution in [0.5, 0.6) is 0 Å². The average molecular weight is 345 g/mol. The number of likely N-dealkylation sites (N-methyl/N-ethyl adjacent to an activating group) is 1. The van der Waals surface area contributed by atoms with Crippen molar-refractivity contribution in [2.24, 2.45) is 0 Å². The second kappa shape index (κ2) is 6.24. The van der Waals surface area contributed by atoms with E-state index in [0.717, 1.165) is 28.8 Å². The molecule has 6 heteroatoms. The number of hydrogen-bond acceptors (Lipinski definition) is 5. The Kier molecular flexibility index (Phi) is 4.86. The Morgan fingerprint density at radius 3 is 3.00 bits per heavy atom. The molecule has 1 saturated carbocycles. The van der Waals surface area contributed by atoms with Crippen molar-refractivity contribution in [3.8, 4) is 0 Å². The molecule has 0 amide bonds. The Morgan fingerprint density at radius 2 is 2.42 bits per heavy atom. The molecular formula is C13H17BrN2O2S. The number of hydrogen-bond donors (Lipinski definition) is 1. The summed E-state index contributed by atoms with van der Waals surface area (Å²) in [4.78, 5) is 16.3. The molecule has 0 radical (unpaired) electrons. The van der Waals surface area contributed by atoms with Crippen LogP contribution in [-0.2, 0) is 9.53 Å². The van der Waals surface area contributed by atoms with E-state index in [4.69, 9.17) is 4.74 Å². The monoisotopic (exact) mass is 344 g/mol. The molecule has 19 heavy (non-hydrogen) atoms. The highest BCUT2D eigenvalue weighted by atomic mass is 79.9. The first-order valence-electron chi connectivity index (χ1n) is 6.15. The van der Waals surface area contributed by atoms with Gasteiger partial charge in [0.15, 0.2) is 0 Å². The van der Waals surface area contributed by atoms with Crippen LogP contribution < -0.4 is 5.32 Å². The molecule has 2 atom stereocenters. The van der Waals surface area contributed by atoms with E-state index >= 15 is 0 Å². The number of pyridine rings is 1. The maximum Gasteiger partial charge on any atom is 0.326 e. The lowest BCUT2D eigenvalue weighted by molar-refractivity contribution is -0.148. The second-order valence-corrected chi connectivity index (χ2v) is 6.86. The largest absolute Gasteiger partial charge is 0.468 e. The smallest absolute Gasteiger partial charge is 0.326 e. The first-order chi connectivity index (χ1) is 9.09. The summed E-state index contributed by atoms with van der Waals surface area (Å²) >= 11 is 5.10. The van der Waals surface area contributed by atoms with Gasteiger partial charge >= 0.3 is 5.97 Å². The van der Waals surface area contributed by atoms with Crippen LogP contribution in [0.2, 0.25) is 0 Å². The zero-order chi connectivity index (χ0) is 13.9. The van der Waals surface area contributed by atoms with Crippen LogP contribution in [0, 0.1) is 0 Å². The Morgan fingerprint density at radius 1 is 1.63 bits per heavy atom. The van der Waals surface area contributed by atoms with E-state index in [1.807, 2.05) is 19.2 Å². The number of methoxy groups -OCH3 is 1. The molecule has 1 N–H and O–H groups in total. The predicted molar refractivity (Wildman–Crippen MR) is 79.2 cm³/mol. The summed E-state index contributed by atoms with van der Waals surface area (Å²) in [5.74, 6) is -0.165. The minimum Gasteiger partial charge on any atom is -0.468 e. The summed E-state index contributed by atoms with van der Waals surface area (Å²) in [6.45, 7) is 0. The SMILES string of the molecule is CNC1(C(=O)OC)CCC(Sc2ccc(Br)cn2)C1. The number of carbonyl (C=O) groups is 1. The van der Waals surface area contributed by atoms with Crippen molar-refractivity contribution in [3.63, 3.8) is 0 Å². The molecule has 2 rings (SSSR count). The summed E-state index contributed by atoms with van der Waals surface area (Å²) in [7, 11) is 3.26. The topological polar surface area (TPSA) is 51.2 Å². The summed E-state index contributed by atoms with van der Waals surface area (Å²) < 4.78 is 5.88. The van der Waals surface area contributed by atoms with Crippen LogP contribution in [0.15, 0.2) is 27.8 Å². The van der Waals surface area contributed by atoms with E-state index in [-0.39, 0.29) is 5.97 Å². The lowest BCUT2D eigenvalue weighted by Gasteiger charge is -2.25. The second-order valence-electron chi connectivity index (χ2n) is 4.62. The first-order valence-corrected chi connectivity index (χ1v) is 7.82. The third-order valence-corrected chi connectivity index (χ3v) is 5.20. The highest BCUT2D eigenvalue weighted by Gasteiger charge is 2.45.